The van der Waals surface area contributed by atoms with Gasteiger partial charge in [-0.1, -0.05) is 30.0 Å². The summed E-state index contributed by atoms with van der Waals surface area (Å²) in [7, 11) is 0. The van der Waals surface area contributed by atoms with Crippen molar-refractivity contribution in [2.24, 2.45) is 0 Å². The molecule has 0 saturated carbocycles. The van der Waals surface area contributed by atoms with Crippen molar-refractivity contribution in [1.82, 2.24) is 4.98 Å². The van der Waals surface area contributed by atoms with E-state index in [1.165, 1.54) is 5.56 Å². The summed E-state index contributed by atoms with van der Waals surface area (Å²) in [5.74, 6) is 0. The van der Waals surface area contributed by atoms with Crippen LogP contribution in [-0.2, 0) is 0 Å². The van der Waals surface area contributed by atoms with Crippen LogP contribution in [0.3, 0.4) is 0 Å². The Morgan fingerprint density at radius 3 is 2.56 bits per heavy atom. The van der Waals surface area contributed by atoms with Gasteiger partial charge in [-0.15, -0.1) is 0 Å². The van der Waals surface area contributed by atoms with Crippen LogP contribution < -0.4 is 0 Å². The van der Waals surface area contributed by atoms with Crippen molar-refractivity contribution >= 4 is 11.8 Å². The average Bonchev–Trinajstić information content (AvgIpc) is 2.27. The minimum absolute atomic E-state index is 0.459. The third kappa shape index (κ3) is 3.12. The van der Waals surface area contributed by atoms with Gasteiger partial charge in [0.25, 0.3) is 0 Å². The summed E-state index contributed by atoms with van der Waals surface area (Å²) in [6.45, 7) is 5.85. The molecule has 2 nitrogen and oxygen atoms in total. The van der Waals surface area contributed by atoms with Gasteiger partial charge < -0.3 is 5.11 Å². The molecule has 0 aliphatic carbocycles. The molecular weight excluding hydrogens is 242 g/mol. The summed E-state index contributed by atoms with van der Waals surface area (Å²) < 4.78 is 0. The van der Waals surface area contributed by atoms with Crippen LogP contribution in [-0.4, -0.2) is 10.1 Å². The number of benzene rings is 1. The van der Waals surface area contributed by atoms with Crippen LogP contribution in [0.2, 0.25) is 0 Å². The number of aliphatic hydroxyl groups is 1. The molecule has 1 aromatic heterocycles. The average molecular weight is 259 g/mol. The SMILES string of the molecule is Cc1cc(C)nc(Sc2ccccc2[C@H](C)O)c1. The highest BCUT2D eigenvalue weighted by Gasteiger charge is 2.09. The van der Waals surface area contributed by atoms with Crippen LogP contribution in [0, 0.1) is 13.8 Å². The first-order chi connectivity index (χ1) is 8.56. The molecule has 0 radical (unpaired) electrons. The van der Waals surface area contributed by atoms with Gasteiger partial charge in [0, 0.05) is 10.6 Å². The van der Waals surface area contributed by atoms with E-state index in [-0.39, 0.29) is 0 Å². The Morgan fingerprint density at radius 2 is 1.89 bits per heavy atom. The third-order valence-corrected chi connectivity index (χ3v) is 3.67. The number of hydrogen-bond acceptors (Lipinski definition) is 3. The van der Waals surface area contributed by atoms with E-state index in [2.05, 4.69) is 24.0 Å². The first-order valence-electron chi connectivity index (χ1n) is 5.96. The number of pyridine rings is 1. The highest BCUT2D eigenvalue weighted by molar-refractivity contribution is 7.99. The molecule has 2 aromatic rings. The van der Waals surface area contributed by atoms with Crippen LogP contribution >= 0.6 is 11.8 Å². The maximum absolute atomic E-state index is 9.76. The molecule has 2 rings (SSSR count). The van der Waals surface area contributed by atoms with E-state index in [4.69, 9.17) is 0 Å². The quantitative estimate of drug-likeness (QED) is 0.907. The molecule has 1 aromatic carbocycles. The lowest BCUT2D eigenvalue weighted by atomic mass is 10.1. The molecule has 0 spiro atoms. The predicted molar refractivity (Wildman–Crippen MR) is 74.9 cm³/mol. The summed E-state index contributed by atoms with van der Waals surface area (Å²) in [5, 5.41) is 10.7. The Bertz CT molecular complexity index is 532. The van der Waals surface area contributed by atoms with Crippen LogP contribution in [0.4, 0.5) is 0 Å². The van der Waals surface area contributed by atoms with E-state index in [1.54, 1.807) is 18.7 Å². The molecule has 0 aliphatic rings. The lowest BCUT2D eigenvalue weighted by Crippen LogP contribution is -1.94. The number of hydrogen-bond donors (Lipinski definition) is 1. The summed E-state index contributed by atoms with van der Waals surface area (Å²) in [6.07, 6.45) is -0.459. The summed E-state index contributed by atoms with van der Waals surface area (Å²) in [6, 6.07) is 12.0. The van der Waals surface area contributed by atoms with Gasteiger partial charge >= 0.3 is 0 Å². The molecule has 18 heavy (non-hydrogen) atoms. The highest BCUT2D eigenvalue weighted by Crippen LogP contribution is 2.32. The van der Waals surface area contributed by atoms with Crippen LogP contribution in [0.25, 0.3) is 0 Å². The second kappa shape index (κ2) is 5.55. The fourth-order valence-electron chi connectivity index (χ4n) is 1.89. The lowest BCUT2D eigenvalue weighted by molar-refractivity contribution is 0.196. The summed E-state index contributed by atoms with van der Waals surface area (Å²) >= 11 is 1.60. The van der Waals surface area contributed by atoms with Crippen molar-refractivity contribution in [2.45, 2.75) is 36.8 Å². The zero-order chi connectivity index (χ0) is 13.1. The number of aryl methyl sites for hydroxylation is 2. The molecule has 1 atom stereocenters. The standard InChI is InChI=1S/C15H17NOS/c1-10-8-11(2)16-15(9-10)18-14-7-5-4-6-13(14)12(3)17/h4-9,12,17H,1-3H3/t12-/m0/s1. The van der Waals surface area contributed by atoms with Gasteiger partial charge in [-0.25, -0.2) is 4.98 Å². The Labute approximate surface area is 112 Å². The smallest absolute Gasteiger partial charge is 0.101 e. The Morgan fingerprint density at radius 1 is 1.17 bits per heavy atom. The zero-order valence-corrected chi connectivity index (χ0v) is 11.7. The van der Waals surface area contributed by atoms with Crippen molar-refractivity contribution in [1.29, 1.82) is 0 Å². The molecule has 0 amide bonds. The second-order valence-electron chi connectivity index (χ2n) is 4.44. The summed E-state index contributed by atoms with van der Waals surface area (Å²) in [4.78, 5) is 5.57. The number of aliphatic hydroxyl groups excluding tert-OH is 1. The molecule has 1 heterocycles. The van der Waals surface area contributed by atoms with Crippen LogP contribution in [0.1, 0.15) is 29.8 Å². The minimum Gasteiger partial charge on any atom is -0.389 e. The number of nitrogens with zero attached hydrogens (tertiary/aromatic N) is 1. The normalized spacial score (nSPS) is 12.4. The molecule has 3 heteroatoms. The molecular formula is C15H17NOS. The zero-order valence-electron chi connectivity index (χ0n) is 10.8. The van der Waals surface area contributed by atoms with Gasteiger partial charge in [0.1, 0.15) is 5.03 Å². The number of rotatable bonds is 3. The Balaban J connectivity index is 2.34. The van der Waals surface area contributed by atoms with Gasteiger partial charge in [0.15, 0.2) is 0 Å². The van der Waals surface area contributed by atoms with E-state index < -0.39 is 6.10 Å². The fraction of sp³-hybridized carbons (Fsp3) is 0.267. The predicted octanol–water partition coefficient (Wildman–Crippen LogP) is 3.90. The largest absolute Gasteiger partial charge is 0.389 e. The third-order valence-electron chi connectivity index (χ3n) is 2.66. The minimum atomic E-state index is -0.459. The van der Waals surface area contributed by atoms with E-state index in [0.29, 0.717) is 0 Å². The van der Waals surface area contributed by atoms with Crippen molar-refractivity contribution in [3.05, 3.63) is 53.2 Å². The maximum Gasteiger partial charge on any atom is 0.101 e. The van der Waals surface area contributed by atoms with Crippen molar-refractivity contribution in [3.63, 3.8) is 0 Å². The second-order valence-corrected chi connectivity index (χ2v) is 5.50. The van der Waals surface area contributed by atoms with Crippen molar-refractivity contribution < 1.29 is 5.11 Å². The molecule has 0 bridgehead atoms. The Kier molecular flexibility index (Phi) is 4.04. The van der Waals surface area contributed by atoms with Gasteiger partial charge in [-0.3, -0.25) is 0 Å². The summed E-state index contributed by atoms with van der Waals surface area (Å²) in [5.41, 5.74) is 3.18. The first kappa shape index (κ1) is 13.1. The van der Waals surface area contributed by atoms with Crippen LogP contribution in [0.15, 0.2) is 46.3 Å². The molecule has 0 unspecified atom stereocenters. The van der Waals surface area contributed by atoms with Gasteiger partial charge in [0.2, 0.25) is 0 Å². The highest BCUT2D eigenvalue weighted by atomic mass is 32.2. The van der Waals surface area contributed by atoms with Crippen molar-refractivity contribution in [3.8, 4) is 0 Å². The van der Waals surface area contributed by atoms with Gasteiger partial charge in [-0.2, -0.15) is 0 Å². The molecule has 0 saturated heterocycles. The van der Waals surface area contributed by atoms with E-state index in [0.717, 1.165) is 21.2 Å². The molecule has 1 N–H and O–H groups in total. The Hall–Kier alpha value is -1.32. The monoisotopic (exact) mass is 259 g/mol. The first-order valence-corrected chi connectivity index (χ1v) is 6.78. The topological polar surface area (TPSA) is 33.1 Å². The molecule has 94 valence electrons. The van der Waals surface area contributed by atoms with Crippen molar-refractivity contribution in [2.75, 3.05) is 0 Å². The van der Waals surface area contributed by atoms with Crippen LogP contribution in [0.5, 0.6) is 0 Å². The van der Waals surface area contributed by atoms with Gasteiger partial charge in [-0.05, 0) is 50.1 Å². The van der Waals surface area contributed by atoms with E-state index in [9.17, 15) is 5.11 Å². The fourth-order valence-corrected chi connectivity index (χ4v) is 3.05. The molecule has 0 fully saturated rings. The molecule has 0 aliphatic heterocycles. The number of aromatic nitrogens is 1. The van der Waals surface area contributed by atoms with E-state index in [1.807, 2.05) is 31.2 Å². The van der Waals surface area contributed by atoms with Gasteiger partial charge in [0.05, 0.1) is 6.10 Å². The van der Waals surface area contributed by atoms with E-state index >= 15 is 0 Å². The lowest BCUT2D eigenvalue weighted by Gasteiger charge is -2.11. The maximum atomic E-state index is 9.76.